The number of H-pyrrole nitrogens is 1. The minimum atomic E-state index is -0.507. The Morgan fingerprint density at radius 3 is 2.58 bits per heavy atom. The zero-order valence-electron chi connectivity index (χ0n) is 13.0. The Morgan fingerprint density at radius 1 is 1.17 bits per heavy atom. The third-order valence-corrected chi connectivity index (χ3v) is 4.33. The molecule has 0 radical (unpaired) electrons. The molecule has 2 aromatic carbocycles. The second-order valence-corrected chi connectivity index (χ2v) is 6.12. The van der Waals surface area contributed by atoms with Crippen molar-refractivity contribution in [3.05, 3.63) is 70.6 Å². The molecule has 0 fully saturated rings. The van der Waals surface area contributed by atoms with E-state index in [0.29, 0.717) is 5.03 Å². The lowest BCUT2D eigenvalue weighted by molar-refractivity contribution is -0.704. The monoisotopic (exact) mass is 342 g/mol. The van der Waals surface area contributed by atoms with Gasteiger partial charge in [0.2, 0.25) is 11.6 Å². The average Bonchev–Trinajstić information content (AvgIpc) is 2.97. The smallest absolute Gasteiger partial charge is 0.325 e. The summed E-state index contributed by atoms with van der Waals surface area (Å²) in [7, 11) is 0. The van der Waals surface area contributed by atoms with Crippen LogP contribution in [0.3, 0.4) is 0 Å². The summed E-state index contributed by atoms with van der Waals surface area (Å²) in [5, 5.41) is 5.66. The molecule has 1 heterocycles. The van der Waals surface area contributed by atoms with Crippen LogP contribution in [0.5, 0.6) is 0 Å². The zero-order chi connectivity index (χ0) is 16.9. The predicted octanol–water partition coefficient (Wildman–Crippen LogP) is 2.28. The summed E-state index contributed by atoms with van der Waals surface area (Å²) in [5.41, 5.74) is 2.09. The molecule has 0 unspecified atom stereocenters. The first-order chi connectivity index (χ1) is 11.6. The van der Waals surface area contributed by atoms with Gasteiger partial charge in [-0.2, -0.15) is 0 Å². The molecular formula is C17H16N3O3S+. The molecule has 0 aliphatic rings. The SMILES string of the molecule is Cc1ccc(NC(=O)CSc2c(=O)o[nH][n+]2-c2ccccc2)cc1. The number of amides is 1. The number of nitrogens with zero attached hydrogens (tertiary/aromatic N) is 1. The van der Waals surface area contributed by atoms with Crippen molar-refractivity contribution in [3.63, 3.8) is 0 Å². The topological polar surface area (TPSA) is 79.0 Å². The maximum atomic E-state index is 12.1. The molecule has 0 bridgehead atoms. The summed E-state index contributed by atoms with van der Waals surface area (Å²) in [6.45, 7) is 1.98. The minimum absolute atomic E-state index is 0.101. The standard InChI is InChI=1S/C17H15N3O3S/c1-12-7-9-13(10-8-12)18-15(21)11-24-16-17(22)23-19-20(16)14-5-3-2-4-6-14/h2-10H,11H2,1H3,(H-,18,19,21,22)/p+1. The number of hydrogen-bond acceptors (Lipinski definition) is 4. The molecule has 0 saturated carbocycles. The summed E-state index contributed by atoms with van der Waals surface area (Å²) in [6, 6.07) is 16.8. The summed E-state index contributed by atoms with van der Waals surface area (Å²) < 4.78 is 6.36. The number of nitrogens with one attached hydrogen (secondary N) is 2. The largest absolute Gasteiger partial charge is 0.442 e. The molecular weight excluding hydrogens is 326 g/mol. The number of hydrogen-bond donors (Lipinski definition) is 2. The quantitative estimate of drug-likeness (QED) is 0.551. The molecule has 3 rings (SSSR count). The highest BCUT2D eigenvalue weighted by Crippen LogP contribution is 2.13. The van der Waals surface area contributed by atoms with Crippen LogP contribution in [-0.4, -0.2) is 16.9 Å². The maximum Gasteiger partial charge on any atom is 0.442 e. The Morgan fingerprint density at radius 2 is 1.88 bits per heavy atom. The zero-order valence-corrected chi connectivity index (χ0v) is 13.8. The first-order valence-corrected chi connectivity index (χ1v) is 8.30. The Balaban J connectivity index is 1.69. The molecule has 3 aromatic rings. The van der Waals surface area contributed by atoms with E-state index in [1.807, 2.05) is 61.5 Å². The van der Waals surface area contributed by atoms with E-state index in [1.165, 1.54) is 4.68 Å². The van der Waals surface area contributed by atoms with Gasteiger partial charge in [0.05, 0.1) is 5.75 Å². The second-order valence-electron chi connectivity index (χ2n) is 5.16. The summed E-state index contributed by atoms with van der Waals surface area (Å²) in [5.74, 6) is -0.0902. The summed E-state index contributed by atoms with van der Waals surface area (Å²) in [4.78, 5) is 23.9. The van der Waals surface area contributed by atoms with Crippen molar-refractivity contribution >= 4 is 23.4 Å². The van der Waals surface area contributed by atoms with Crippen molar-refractivity contribution in [2.75, 3.05) is 11.1 Å². The molecule has 0 aliphatic carbocycles. The van der Waals surface area contributed by atoms with Gasteiger partial charge in [0.15, 0.2) is 0 Å². The molecule has 7 heteroatoms. The van der Waals surface area contributed by atoms with Crippen LogP contribution >= 0.6 is 11.8 Å². The Kier molecular flexibility index (Phi) is 4.81. The van der Waals surface area contributed by atoms with Gasteiger partial charge in [-0.15, -0.1) is 0 Å². The first-order valence-electron chi connectivity index (χ1n) is 7.32. The van der Waals surface area contributed by atoms with Crippen LogP contribution in [0.15, 0.2) is 68.9 Å². The Bertz CT molecular complexity index is 885. The third-order valence-electron chi connectivity index (χ3n) is 3.30. The Labute approximate surface area is 142 Å². The third kappa shape index (κ3) is 3.75. The number of aromatic nitrogens is 2. The van der Waals surface area contributed by atoms with E-state index >= 15 is 0 Å². The number of para-hydroxylation sites is 1. The van der Waals surface area contributed by atoms with E-state index in [0.717, 1.165) is 28.7 Å². The fourth-order valence-corrected chi connectivity index (χ4v) is 2.87. The number of aryl methyl sites for hydroxylation is 1. The van der Waals surface area contributed by atoms with Crippen LogP contribution in [0.4, 0.5) is 5.69 Å². The van der Waals surface area contributed by atoms with Crippen molar-refractivity contribution in [2.45, 2.75) is 11.9 Å². The molecule has 0 atom stereocenters. The molecule has 122 valence electrons. The lowest BCUT2D eigenvalue weighted by Gasteiger charge is -2.03. The van der Waals surface area contributed by atoms with Gasteiger partial charge < -0.3 is 5.32 Å². The average molecular weight is 342 g/mol. The van der Waals surface area contributed by atoms with Crippen molar-refractivity contribution in [3.8, 4) is 5.69 Å². The van der Waals surface area contributed by atoms with Gasteiger partial charge in [0.25, 0.3) is 0 Å². The van der Waals surface area contributed by atoms with E-state index in [-0.39, 0.29) is 11.7 Å². The van der Waals surface area contributed by atoms with Gasteiger partial charge in [-0.25, -0.2) is 4.79 Å². The number of aromatic amines is 1. The van der Waals surface area contributed by atoms with Gasteiger partial charge >= 0.3 is 10.7 Å². The molecule has 1 aromatic heterocycles. The number of rotatable bonds is 5. The molecule has 0 saturated heterocycles. The summed E-state index contributed by atoms with van der Waals surface area (Å²) >= 11 is 1.12. The van der Waals surface area contributed by atoms with Crippen LogP contribution in [0.1, 0.15) is 5.56 Å². The van der Waals surface area contributed by atoms with E-state index in [1.54, 1.807) is 0 Å². The van der Waals surface area contributed by atoms with Crippen LogP contribution < -0.4 is 15.6 Å². The second kappa shape index (κ2) is 7.18. The van der Waals surface area contributed by atoms with Crippen molar-refractivity contribution in [1.29, 1.82) is 0 Å². The number of benzene rings is 2. The molecule has 2 N–H and O–H groups in total. The highest BCUT2D eigenvalue weighted by molar-refractivity contribution is 7.99. The van der Waals surface area contributed by atoms with Crippen molar-refractivity contribution in [2.24, 2.45) is 0 Å². The van der Waals surface area contributed by atoms with Crippen molar-refractivity contribution in [1.82, 2.24) is 5.27 Å². The molecule has 6 nitrogen and oxygen atoms in total. The number of carbonyl (C=O) groups is 1. The summed E-state index contributed by atoms with van der Waals surface area (Å²) in [6.07, 6.45) is 0. The molecule has 24 heavy (non-hydrogen) atoms. The highest BCUT2D eigenvalue weighted by atomic mass is 32.2. The number of carbonyl (C=O) groups excluding carboxylic acids is 1. The van der Waals surface area contributed by atoms with E-state index < -0.39 is 5.63 Å². The van der Waals surface area contributed by atoms with Gasteiger partial charge in [-0.05, 0) is 40.8 Å². The van der Waals surface area contributed by atoms with E-state index in [4.69, 9.17) is 4.52 Å². The predicted molar refractivity (Wildman–Crippen MR) is 91.4 cm³/mol. The van der Waals surface area contributed by atoms with E-state index in [9.17, 15) is 9.59 Å². The van der Waals surface area contributed by atoms with E-state index in [2.05, 4.69) is 10.6 Å². The minimum Gasteiger partial charge on any atom is -0.325 e. The molecule has 0 aliphatic heterocycles. The van der Waals surface area contributed by atoms with Crippen LogP contribution in [-0.2, 0) is 4.79 Å². The molecule has 1 amide bonds. The van der Waals surface area contributed by atoms with Gasteiger partial charge in [0, 0.05) is 17.8 Å². The lowest BCUT2D eigenvalue weighted by Crippen LogP contribution is -2.36. The maximum absolute atomic E-state index is 12.1. The normalized spacial score (nSPS) is 10.5. The molecule has 0 spiro atoms. The van der Waals surface area contributed by atoms with Gasteiger partial charge in [0.1, 0.15) is 0 Å². The van der Waals surface area contributed by atoms with Gasteiger partial charge in [-0.1, -0.05) is 35.9 Å². The van der Waals surface area contributed by atoms with Crippen molar-refractivity contribution < 1.29 is 14.0 Å². The number of thioether (sulfide) groups is 1. The fraction of sp³-hybridized carbons (Fsp3) is 0.118. The number of anilines is 1. The lowest BCUT2D eigenvalue weighted by atomic mass is 10.2. The first kappa shape index (κ1) is 16.1. The van der Waals surface area contributed by atoms with Crippen LogP contribution in [0.25, 0.3) is 5.69 Å². The fourth-order valence-electron chi connectivity index (χ4n) is 2.10. The van der Waals surface area contributed by atoms with Crippen LogP contribution in [0.2, 0.25) is 0 Å². The van der Waals surface area contributed by atoms with Crippen LogP contribution in [0, 0.1) is 6.92 Å². The Hall–Kier alpha value is -2.80. The van der Waals surface area contributed by atoms with Gasteiger partial charge in [-0.3, -0.25) is 9.32 Å². The highest BCUT2D eigenvalue weighted by Gasteiger charge is 2.24.